The van der Waals surface area contributed by atoms with E-state index < -0.39 is 0 Å². The Morgan fingerprint density at radius 3 is 2.56 bits per heavy atom. The van der Waals surface area contributed by atoms with Gasteiger partial charge in [-0.3, -0.25) is 4.79 Å². The molecule has 0 radical (unpaired) electrons. The first kappa shape index (κ1) is 8.43. The fourth-order valence-corrected chi connectivity index (χ4v) is 0.507. The molecule has 0 rings (SSSR count). The first-order chi connectivity index (χ1) is 4.16. The molecule has 4 N–H and O–H groups in total. The van der Waals surface area contributed by atoms with Gasteiger partial charge in [-0.05, 0) is 18.9 Å². The van der Waals surface area contributed by atoms with Crippen molar-refractivity contribution in [1.29, 1.82) is 0 Å². The zero-order valence-corrected chi connectivity index (χ0v) is 5.76. The SMILES string of the molecule is C[C@@H](CN)CCC(N)=O. The molecule has 0 aromatic rings. The highest BCUT2D eigenvalue weighted by molar-refractivity contribution is 5.73. The van der Waals surface area contributed by atoms with Crippen LogP contribution in [0.2, 0.25) is 0 Å². The Balaban J connectivity index is 3.16. The van der Waals surface area contributed by atoms with Gasteiger partial charge in [-0.25, -0.2) is 0 Å². The number of carbonyl (C=O) groups excluding carboxylic acids is 1. The van der Waals surface area contributed by atoms with Crippen LogP contribution in [-0.2, 0) is 4.79 Å². The zero-order chi connectivity index (χ0) is 7.28. The van der Waals surface area contributed by atoms with Crippen LogP contribution in [-0.4, -0.2) is 12.5 Å². The van der Waals surface area contributed by atoms with Gasteiger partial charge in [0.2, 0.25) is 5.91 Å². The first-order valence-corrected chi connectivity index (χ1v) is 3.15. The molecular weight excluding hydrogens is 116 g/mol. The highest BCUT2D eigenvalue weighted by atomic mass is 16.1. The van der Waals surface area contributed by atoms with Crippen molar-refractivity contribution >= 4 is 5.91 Å². The van der Waals surface area contributed by atoms with E-state index in [2.05, 4.69) is 0 Å². The van der Waals surface area contributed by atoms with E-state index in [1.807, 2.05) is 6.92 Å². The Labute approximate surface area is 55.4 Å². The molecule has 1 atom stereocenters. The van der Waals surface area contributed by atoms with Gasteiger partial charge >= 0.3 is 0 Å². The molecule has 3 nitrogen and oxygen atoms in total. The summed E-state index contributed by atoms with van der Waals surface area (Å²) in [5, 5.41) is 0. The van der Waals surface area contributed by atoms with Gasteiger partial charge in [0.15, 0.2) is 0 Å². The highest BCUT2D eigenvalue weighted by Crippen LogP contribution is 2.01. The standard InChI is InChI=1S/C6H14N2O/c1-5(4-7)2-3-6(8)9/h5H,2-4,7H2,1H3,(H2,8,9)/t5-/m1/s1. The van der Waals surface area contributed by atoms with Crippen molar-refractivity contribution in [3.8, 4) is 0 Å². The zero-order valence-electron chi connectivity index (χ0n) is 5.76. The molecule has 0 unspecified atom stereocenters. The van der Waals surface area contributed by atoms with Crippen LogP contribution < -0.4 is 11.5 Å². The summed E-state index contributed by atoms with van der Waals surface area (Å²) in [4.78, 5) is 10.2. The molecule has 0 saturated carbocycles. The summed E-state index contributed by atoms with van der Waals surface area (Å²) in [5.74, 6) is 0.174. The summed E-state index contributed by atoms with van der Waals surface area (Å²) >= 11 is 0. The lowest BCUT2D eigenvalue weighted by Gasteiger charge is -2.03. The van der Waals surface area contributed by atoms with Crippen LogP contribution in [0.5, 0.6) is 0 Å². The lowest BCUT2D eigenvalue weighted by atomic mass is 10.1. The monoisotopic (exact) mass is 130 g/mol. The number of hydrogen-bond donors (Lipinski definition) is 2. The second-order valence-corrected chi connectivity index (χ2v) is 2.35. The molecule has 9 heavy (non-hydrogen) atoms. The van der Waals surface area contributed by atoms with E-state index in [1.165, 1.54) is 0 Å². The fraction of sp³-hybridized carbons (Fsp3) is 0.833. The molecule has 0 saturated heterocycles. The summed E-state index contributed by atoms with van der Waals surface area (Å²) in [6.07, 6.45) is 1.27. The van der Waals surface area contributed by atoms with Crippen LogP contribution in [0.3, 0.4) is 0 Å². The molecule has 0 fully saturated rings. The summed E-state index contributed by atoms with van der Waals surface area (Å²) in [5.41, 5.74) is 10.2. The van der Waals surface area contributed by atoms with Crippen LogP contribution in [0.15, 0.2) is 0 Å². The van der Waals surface area contributed by atoms with Gasteiger partial charge in [0.05, 0.1) is 0 Å². The third kappa shape index (κ3) is 5.30. The fourth-order valence-electron chi connectivity index (χ4n) is 0.507. The molecule has 0 heterocycles. The van der Waals surface area contributed by atoms with E-state index in [1.54, 1.807) is 0 Å². The minimum atomic E-state index is -0.240. The molecule has 0 aliphatic heterocycles. The van der Waals surface area contributed by atoms with Crippen molar-refractivity contribution < 1.29 is 4.79 Å². The molecule has 0 aromatic carbocycles. The number of rotatable bonds is 4. The van der Waals surface area contributed by atoms with E-state index in [9.17, 15) is 4.79 Å². The maximum atomic E-state index is 10.2. The molecule has 3 heteroatoms. The number of amides is 1. The number of nitrogens with two attached hydrogens (primary N) is 2. The average molecular weight is 130 g/mol. The molecule has 0 bridgehead atoms. The maximum absolute atomic E-state index is 10.2. The van der Waals surface area contributed by atoms with E-state index in [0.717, 1.165) is 6.42 Å². The third-order valence-electron chi connectivity index (χ3n) is 1.29. The lowest BCUT2D eigenvalue weighted by molar-refractivity contribution is -0.118. The maximum Gasteiger partial charge on any atom is 0.217 e. The van der Waals surface area contributed by atoms with Gasteiger partial charge in [0, 0.05) is 6.42 Å². The molecule has 0 aromatic heterocycles. The molecule has 0 aliphatic rings. The largest absolute Gasteiger partial charge is 0.370 e. The predicted molar refractivity (Wildman–Crippen MR) is 36.6 cm³/mol. The van der Waals surface area contributed by atoms with Crippen LogP contribution in [0.25, 0.3) is 0 Å². The van der Waals surface area contributed by atoms with Gasteiger partial charge in [0.25, 0.3) is 0 Å². The lowest BCUT2D eigenvalue weighted by Crippen LogP contribution is -2.16. The normalized spacial score (nSPS) is 13.1. The van der Waals surface area contributed by atoms with Crippen molar-refractivity contribution in [2.24, 2.45) is 17.4 Å². The third-order valence-corrected chi connectivity index (χ3v) is 1.29. The molecule has 0 aliphatic carbocycles. The van der Waals surface area contributed by atoms with Gasteiger partial charge in [0.1, 0.15) is 0 Å². The Hall–Kier alpha value is -0.570. The van der Waals surface area contributed by atoms with Crippen molar-refractivity contribution in [2.75, 3.05) is 6.54 Å². The van der Waals surface area contributed by atoms with Crippen molar-refractivity contribution in [2.45, 2.75) is 19.8 Å². The predicted octanol–water partition coefficient (Wildman–Crippen LogP) is -0.153. The Morgan fingerprint density at radius 2 is 2.22 bits per heavy atom. The quantitative estimate of drug-likeness (QED) is 0.555. The van der Waals surface area contributed by atoms with Crippen molar-refractivity contribution in [3.05, 3.63) is 0 Å². The Bertz CT molecular complexity index is 93.1. The minimum Gasteiger partial charge on any atom is -0.370 e. The average Bonchev–Trinajstić information content (AvgIpc) is 1.83. The van der Waals surface area contributed by atoms with Gasteiger partial charge < -0.3 is 11.5 Å². The molecule has 0 spiro atoms. The van der Waals surface area contributed by atoms with Crippen molar-refractivity contribution in [1.82, 2.24) is 0 Å². The summed E-state index contributed by atoms with van der Waals surface area (Å²) < 4.78 is 0. The van der Waals surface area contributed by atoms with Gasteiger partial charge in [-0.2, -0.15) is 0 Å². The first-order valence-electron chi connectivity index (χ1n) is 3.15. The van der Waals surface area contributed by atoms with Crippen LogP contribution in [0.4, 0.5) is 0 Å². The van der Waals surface area contributed by atoms with Gasteiger partial charge in [-0.1, -0.05) is 6.92 Å². The summed E-state index contributed by atoms with van der Waals surface area (Å²) in [6.45, 7) is 2.64. The molecule has 54 valence electrons. The molecule has 1 amide bonds. The van der Waals surface area contributed by atoms with Crippen LogP contribution >= 0.6 is 0 Å². The van der Waals surface area contributed by atoms with Crippen LogP contribution in [0.1, 0.15) is 19.8 Å². The van der Waals surface area contributed by atoms with Crippen LogP contribution in [0, 0.1) is 5.92 Å². The second-order valence-electron chi connectivity index (χ2n) is 2.35. The summed E-state index contributed by atoms with van der Waals surface area (Å²) in [7, 11) is 0. The topological polar surface area (TPSA) is 69.1 Å². The highest BCUT2D eigenvalue weighted by Gasteiger charge is 2.00. The van der Waals surface area contributed by atoms with Crippen molar-refractivity contribution in [3.63, 3.8) is 0 Å². The molecular formula is C6H14N2O. The minimum absolute atomic E-state index is 0.240. The van der Waals surface area contributed by atoms with E-state index in [4.69, 9.17) is 11.5 Å². The Kier molecular flexibility index (Phi) is 4.05. The number of primary amides is 1. The smallest absolute Gasteiger partial charge is 0.217 e. The number of carbonyl (C=O) groups is 1. The van der Waals surface area contributed by atoms with E-state index >= 15 is 0 Å². The number of hydrogen-bond acceptors (Lipinski definition) is 2. The summed E-state index contributed by atoms with van der Waals surface area (Å²) in [6, 6.07) is 0. The second kappa shape index (κ2) is 4.32. The van der Waals surface area contributed by atoms with Gasteiger partial charge in [-0.15, -0.1) is 0 Å². The van der Waals surface area contributed by atoms with E-state index in [0.29, 0.717) is 18.9 Å². The van der Waals surface area contributed by atoms with E-state index in [-0.39, 0.29) is 5.91 Å². The Morgan fingerprint density at radius 1 is 1.67 bits per heavy atom.